The number of sulfonamides is 1. The van der Waals surface area contributed by atoms with E-state index in [-0.39, 0.29) is 18.9 Å². The fourth-order valence-corrected chi connectivity index (χ4v) is 6.23. The maximum absolute atomic E-state index is 15.5. The molecule has 1 N–H and O–H groups in total. The van der Waals surface area contributed by atoms with Crippen molar-refractivity contribution in [2.24, 2.45) is 0 Å². The highest BCUT2D eigenvalue weighted by molar-refractivity contribution is 7.90. The summed E-state index contributed by atoms with van der Waals surface area (Å²) in [5, 5.41) is -0.525. The lowest BCUT2D eigenvalue weighted by Gasteiger charge is -2.34. The van der Waals surface area contributed by atoms with Gasteiger partial charge < -0.3 is 9.64 Å². The van der Waals surface area contributed by atoms with Crippen LogP contribution in [0.3, 0.4) is 0 Å². The van der Waals surface area contributed by atoms with Gasteiger partial charge in [0.05, 0.1) is 30.5 Å². The highest BCUT2D eigenvalue weighted by atomic mass is 32.2. The Kier molecular flexibility index (Phi) is 5.96. The van der Waals surface area contributed by atoms with Crippen LogP contribution in [-0.2, 0) is 26.0 Å². The Morgan fingerprint density at radius 2 is 1.82 bits per heavy atom. The molecule has 1 amide bonds. The minimum absolute atomic E-state index is 0.0107. The molecule has 0 spiro atoms. The van der Waals surface area contributed by atoms with E-state index in [1.54, 1.807) is 30.3 Å². The summed E-state index contributed by atoms with van der Waals surface area (Å²) in [6, 6.07) is 12.0. The summed E-state index contributed by atoms with van der Waals surface area (Å²) < 4.78 is 63.6. The molecule has 176 valence electrons. The van der Waals surface area contributed by atoms with Crippen LogP contribution in [0.4, 0.5) is 8.78 Å². The molecule has 1 unspecified atom stereocenters. The van der Waals surface area contributed by atoms with Gasteiger partial charge in [-0.3, -0.25) is 4.79 Å². The minimum Gasteiger partial charge on any atom is -0.368 e. The van der Waals surface area contributed by atoms with Crippen LogP contribution in [0, 0.1) is 5.82 Å². The molecule has 0 bridgehead atoms. The van der Waals surface area contributed by atoms with Crippen molar-refractivity contribution >= 4 is 15.9 Å². The zero-order valence-corrected chi connectivity index (χ0v) is 18.8. The number of hydrogen-bond acceptors (Lipinski definition) is 4. The fourth-order valence-electron chi connectivity index (χ4n) is 4.60. The van der Waals surface area contributed by atoms with E-state index < -0.39 is 45.4 Å². The number of nitrogens with one attached hydrogen (secondary N) is 1. The third kappa shape index (κ3) is 4.41. The molecule has 5 rings (SSSR count). The van der Waals surface area contributed by atoms with Crippen molar-refractivity contribution in [3.05, 3.63) is 59.9 Å². The molecule has 2 aromatic carbocycles. The molecular formula is C24H26F2N2O4S. The molecule has 0 radical (unpaired) electrons. The van der Waals surface area contributed by atoms with Crippen LogP contribution in [0.15, 0.2) is 48.5 Å². The van der Waals surface area contributed by atoms with Gasteiger partial charge in [-0.05, 0) is 30.4 Å². The van der Waals surface area contributed by atoms with E-state index in [9.17, 15) is 13.2 Å². The number of likely N-dealkylation sites (tertiary alicyclic amines) is 1. The number of carbonyl (C=O) groups excluding carboxylic acids is 1. The Labute approximate surface area is 192 Å². The maximum Gasteiger partial charge on any atom is 0.252 e. The molecule has 1 aliphatic carbocycles. The highest BCUT2D eigenvalue weighted by Gasteiger charge is 2.50. The largest absolute Gasteiger partial charge is 0.368 e. The van der Waals surface area contributed by atoms with Gasteiger partial charge in [0.15, 0.2) is 0 Å². The molecule has 2 aliphatic heterocycles. The van der Waals surface area contributed by atoms with Crippen molar-refractivity contribution in [1.82, 2.24) is 9.62 Å². The summed E-state index contributed by atoms with van der Waals surface area (Å²) in [7, 11) is -3.70. The quantitative estimate of drug-likeness (QED) is 0.667. The molecular weight excluding hydrogens is 450 g/mol. The van der Waals surface area contributed by atoms with Crippen LogP contribution < -0.4 is 4.72 Å². The van der Waals surface area contributed by atoms with Gasteiger partial charge in [-0.15, -0.1) is 0 Å². The molecule has 9 heteroatoms. The van der Waals surface area contributed by atoms with Crippen LogP contribution in [0.25, 0.3) is 11.1 Å². The van der Waals surface area contributed by atoms with E-state index in [4.69, 9.17) is 4.74 Å². The molecule has 3 aliphatic rings. The fraction of sp³-hybridized carbons (Fsp3) is 0.458. The van der Waals surface area contributed by atoms with Gasteiger partial charge in [-0.2, -0.15) is 0 Å². The second-order valence-electron chi connectivity index (χ2n) is 8.96. The predicted molar refractivity (Wildman–Crippen MR) is 119 cm³/mol. The average molecular weight is 477 g/mol. The molecule has 33 heavy (non-hydrogen) atoms. The van der Waals surface area contributed by atoms with Crippen molar-refractivity contribution in [1.29, 1.82) is 0 Å². The van der Waals surface area contributed by atoms with Gasteiger partial charge in [-0.25, -0.2) is 21.9 Å². The lowest BCUT2D eigenvalue weighted by Crippen LogP contribution is -2.53. The average Bonchev–Trinajstić information content (AvgIpc) is 3.57. The van der Waals surface area contributed by atoms with Crippen LogP contribution in [-0.4, -0.2) is 62.0 Å². The number of ether oxygens (including phenoxy) is 1. The lowest BCUT2D eigenvalue weighted by atomic mass is 9.95. The van der Waals surface area contributed by atoms with E-state index in [1.807, 2.05) is 18.2 Å². The van der Waals surface area contributed by atoms with Crippen LogP contribution in [0.2, 0.25) is 0 Å². The van der Waals surface area contributed by atoms with Gasteiger partial charge in [0.1, 0.15) is 18.1 Å². The van der Waals surface area contributed by atoms with Crippen molar-refractivity contribution in [3.63, 3.8) is 0 Å². The third-order valence-corrected chi connectivity index (χ3v) is 8.64. The second-order valence-corrected chi connectivity index (χ2v) is 11.0. The van der Waals surface area contributed by atoms with E-state index in [1.165, 1.54) is 4.90 Å². The first-order valence-corrected chi connectivity index (χ1v) is 12.8. The second kappa shape index (κ2) is 8.77. The molecule has 1 saturated carbocycles. The number of nitrogens with zero attached hydrogens (tertiary/aromatic N) is 1. The molecule has 4 atom stereocenters. The molecule has 2 saturated heterocycles. The van der Waals surface area contributed by atoms with Gasteiger partial charge in [0, 0.05) is 12.0 Å². The normalized spacial score (nSPS) is 27.4. The first kappa shape index (κ1) is 22.4. The topological polar surface area (TPSA) is 75.7 Å². The predicted octanol–water partition coefficient (Wildman–Crippen LogP) is 2.82. The number of carbonyl (C=O) groups is 1. The van der Waals surface area contributed by atoms with Crippen LogP contribution in [0.1, 0.15) is 24.8 Å². The number of hydrogen-bond donors (Lipinski definition) is 1. The van der Waals surface area contributed by atoms with Gasteiger partial charge in [0.2, 0.25) is 10.0 Å². The van der Waals surface area contributed by atoms with Gasteiger partial charge in [-0.1, -0.05) is 48.5 Å². The number of amides is 1. The first-order valence-electron chi connectivity index (χ1n) is 11.3. The lowest BCUT2D eigenvalue weighted by molar-refractivity contribution is -0.157. The van der Waals surface area contributed by atoms with Crippen molar-refractivity contribution < 1.29 is 26.7 Å². The van der Waals surface area contributed by atoms with Crippen molar-refractivity contribution in [2.45, 2.75) is 55.3 Å². The summed E-state index contributed by atoms with van der Waals surface area (Å²) >= 11 is 0. The number of alkyl halides is 1. The zero-order chi connectivity index (χ0) is 23.2. The van der Waals surface area contributed by atoms with Gasteiger partial charge >= 0.3 is 0 Å². The Morgan fingerprint density at radius 3 is 2.45 bits per heavy atom. The SMILES string of the molecule is O=C(C1CCO1)N1C[C@H](F)[C@H](NS(=O)(=O)C2CC2)[C@@H]1Cc1cccc(-c2ccccc2)c1F. The summed E-state index contributed by atoms with van der Waals surface area (Å²) in [5.74, 6) is -0.830. The van der Waals surface area contributed by atoms with E-state index in [2.05, 4.69) is 4.72 Å². The number of halogens is 2. The zero-order valence-electron chi connectivity index (χ0n) is 18.0. The van der Waals surface area contributed by atoms with Crippen LogP contribution in [0.5, 0.6) is 0 Å². The Balaban J connectivity index is 1.47. The van der Waals surface area contributed by atoms with Gasteiger partial charge in [0.25, 0.3) is 5.91 Å². The van der Waals surface area contributed by atoms with Crippen molar-refractivity contribution in [3.8, 4) is 11.1 Å². The molecule has 2 aromatic rings. The third-order valence-electron chi connectivity index (χ3n) is 6.69. The minimum atomic E-state index is -3.70. The monoisotopic (exact) mass is 476 g/mol. The summed E-state index contributed by atoms with van der Waals surface area (Å²) in [6.07, 6.45) is -0.642. The molecule has 6 nitrogen and oxygen atoms in total. The summed E-state index contributed by atoms with van der Waals surface area (Å²) in [5.41, 5.74) is 1.41. The molecule has 2 heterocycles. The molecule has 0 aromatic heterocycles. The Morgan fingerprint density at radius 1 is 1.09 bits per heavy atom. The highest BCUT2D eigenvalue weighted by Crippen LogP contribution is 2.33. The number of rotatable bonds is 7. The van der Waals surface area contributed by atoms with Crippen molar-refractivity contribution in [2.75, 3.05) is 13.2 Å². The summed E-state index contributed by atoms with van der Waals surface area (Å²) in [6.45, 7) is 0.209. The van der Waals surface area contributed by atoms with Crippen LogP contribution >= 0.6 is 0 Å². The maximum atomic E-state index is 15.5. The Hall–Kier alpha value is -2.36. The van der Waals surface area contributed by atoms with E-state index in [0.29, 0.717) is 42.6 Å². The Bertz CT molecular complexity index is 1140. The molecule has 3 fully saturated rings. The number of benzene rings is 2. The standard InChI is InChI=1S/C24H26F2N2O4S/c25-19-14-28(24(29)21-11-12-32-21)20(23(19)27-33(30,31)17-9-10-17)13-16-7-4-8-18(22(16)26)15-5-2-1-3-6-15/h1-8,17,19-21,23,27H,9-14H2/t19-,20-,21?,23-/m0/s1. The van der Waals surface area contributed by atoms with E-state index in [0.717, 1.165) is 0 Å². The summed E-state index contributed by atoms with van der Waals surface area (Å²) in [4.78, 5) is 14.3. The first-order chi connectivity index (χ1) is 15.8. The van der Waals surface area contributed by atoms with E-state index >= 15 is 8.78 Å². The smallest absolute Gasteiger partial charge is 0.252 e.